The van der Waals surface area contributed by atoms with Gasteiger partial charge < -0.3 is 0 Å². The van der Waals surface area contributed by atoms with E-state index in [1.54, 1.807) is 0 Å². The average Bonchev–Trinajstić information content (AvgIpc) is 2.29. The number of ketones is 2. The minimum atomic E-state index is 0.0903. The van der Waals surface area contributed by atoms with Gasteiger partial charge in [0.1, 0.15) is 11.6 Å². The van der Waals surface area contributed by atoms with E-state index in [2.05, 4.69) is 13.8 Å². The van der Waals surface area contributed by atoms with Crippen LogP contribution in [0.4, 0.5) is 0 Å². The van der Waals surface area contributed by atoms with Gasteiger partial charge in [0.15, 0.2) is 0 Å². The Labute approximate surface area is 110 Å². The van der Waals surface area contributed by atoms with Gasteiger partial charge in [0, 0.05) is 24.7 Å². The summed E-state index contributed by atoms with van der Waals surface area (Å²) in [4.78, 5) is 24.7. The lowest BCUT2D eigenvalue weighted by Gasteiger charge is -2.50. The van der Waals surface area contributed by atoms with Gasteiger partial charge in [-0.2, -0.15) is 0 Å². The maximum absolute atomic E-state index is 12.4. The summed E-state index contributed by atoms with van der Waals surface area (Å²) in [5, 5.41) is 0. The van der Waals surface area contributed by atoms with Crippen molar-refractivity contribution in [3.63, 3.8) is 0 Å². The van der Waals surface area contributed by atoms with Gasteiger partial charge in [0.25, 0.3) is 0 Å². The molecule has 4 unspecified atom stereocenters. The van der Waals surface area contributed by atoms with Gasteiger partial charge in [-0.15, -0.1) is 0 Å². The molecule has 18 heavy (non-hydrogen) atoms. The van der Waals surface area contributed by atoms with E-state index in [1.165, 1.54) is 12.8 Å². The van der Waals surface area contributed by atoms with Crippen molar-refractivity contribution in [1.29, 1.82) is 0 Å². The third-order valence-electron chi connectivity index (χ3n) is 5.72. The minimum absolute atomic E-state index is 0.0903. The van der Waals surface area contributed by atoms with E-state index in [1.807, 2.05) is 0 Å². The number of hydrogen-bond donors (Lipinski definition) is 0. The summed E-state index contributed by atoms with van der Waals surface area (Å²) in [6.07, 6.45) is 5.99. The van der Waals surface area contributed by atoms with Gasteiger partial charge in [-0.25, -0.2) is 0 Å². The van der Waals surface area contributed by atoms with E-state index in [0.29, 0.717) is 41.7 Å². The molecule has 3 aliphatic rings. The molecule has 0 heterocycles. The van der Waals surface area contributed by atoms with Crippen molar-refractivity contribution in [1.82, 2.24) is 0 Å². The predicted molar refractivity (Wildman–Crippen MR) is 70.0 cm³/mol. The van der Waals surface area contributed by atoms with Crippen LogP contribution in [0.2, 0.25) is 0 Å². The summed E-state index contributed by atoms with van der Waals surface area (Å²) in [5.41, 5.74) is 0. The molecule has 0 spiro atoms. The highest BCUT2D eigenvalue weighted by Gasteiger charge is 2.51. The molecule has 0 aromatic heterocycles. The first-order chi connectivity index (χ1) is 8.58. The van der Waals surface area contributed by atoms with E-state index in [-0.39, 0.29) is 11.8 Å². The number of carbonyl (C=O) groups is 2. The van der Waals surface area contributed by atoms with Crippen molar-refractivity contribution >= 4 is 11.6 Å². The number of hydrogen-bond acceptors (Lipinski definition) is 2. The fourth-order valence-electron chi connectivity index (χ4n) is 5.08. The predicted octanol–water partition coefficient (Wildman–Crippen LogP) is 3.24. The smallest absolute Gasteiger partial charge is 0.137 e. The fourth-order valence-corrected chi connectivity index (χ4v) is 5.08. The molecule has 3 saturated carbocycles. The van der Waals surface area contributed by atoms with Crippen molar-refractivity contribution in [3.05, 3.63) is 0 Å². The molecule has 3 fully saturated rings. The molecule has 0 bridgehead atoms. The van der Waals surface area contributed by atoms with Gasteiger partial charge in [0.2, 0.25) is 0 Å². The summed E-state index contributed by atoms with van der Waals surface area (Å²) in [5.74, 6) is 3.15. The Morgan fingerprint density at radius 2 is 1.78 bits per heavy atom. The SMILES string of the molecule is CC1CC(=O)[C@H]2C(C1)CC(C)[C@H]1CCCC(=O)C12. The van der Waals surface area contributed by atoms with Crippen LogP contribution in [0.25, 0.3) is 0 Å². The molecule has 0 amide bonds. The molecule has 0 aromatic carbocycles. The zero-order valence-electron chi connectivity index (χ0n) is 11.5. The van der Waals surface area contributed by atoms with Crippen LogP contribution in [-0.2, 0) is 9.59 Å². The number of carbonyl (C=O) groups excluding carboxylic acids is 2. The standard InChI is InChI=1S/C16H24O2/c1-9-6-11-8-10(2)12-4-3-5-13(17)16(12)15(11)14(18)7-9/h9-12,15-16H,3-8H2,1-2H3/t9?,10?,11?,12-,15-,16?/m1/s1. The maximum Gasteiger partial charge on any atom is 0.137 e. The van der Waals surface area contributed by atoms with Crippen LogP contribution in [0.3, 0.4) is 0 Å². The van der Waals surface area contributed by atoms with Gasteiger partial charge in [-0.1, -0.05) is 13.8 Å². The monoisotopic (exact) mass is 248 g/mol. The molecule has 0 N–H and O–H groups in total. The molecule has 2 heteroatoms. The van der Waals surface area contributed by atoms with Gasteiger partial charge in [0.05, 0.1) is 0 Å². The molecule has 0 saturated heterocycles. The van der Waals surface area contributed by atoms with Crippen molar-refractivity contribution in [2.75, 3.05) is 0 Å². The highest BCUT2D eigenvalue weighted by atomic mass is 16.1. The van der Waals surface area contributed by atoms with Crippen LogP contribution >= 0.6 is 0 Å². The molecule has 0 radical (unpaired) electrons. The van der Waals surface area contributed by atoms with E-state index in [9.17, 15) is 9.59 Å². The number of Topliss-reactive ketones (excluding diaryl/α,β-unsaturated/α-hetero) is 2. The first kappa shape index (κ1) is 12.4. The second-order valence-electron chi connectivity index (χ2n) is 7.06. The quantitative estimate of drug-likeness (QED) is 0.659. The molecule has 0 aliphatic heterocycles. The lowest BCUT2D eigenvalue weighted by atomic mass is 9.53. The van der Waals surface area contributed by atoms with Crippen LogP contribution in [0, 0.1) is 35.5 Å². The van der Waals surface area contributed by atoms with Crippen LogP contribution < -0.4 is 0 Å². The first-order valence-electron chi connectivity index (χ1n) is 7.63. The highest BCUT2D eigenvalue weighted by molar-refractivity contribution is 5.91. The largest absolute Gasteiger partial charge is 0.299 e. The van der Waals surface area contributed by atoms with E-state index >= 15 is 0 Å². The Morgan fingerprint density at radius 3 is 2.56 bits per heavy atom. The van der Waals surface area contributed by atoms with Crippen LogP contribution in [0.15, 0.2) is 0 Å². The lowest BCUT2D eigenvalue weighted by molar-refractivity contribution is -0.148. The molecule has 3 aliphatic carbocycles. The maximum atomic E-state index is 12.4. The fraction of sp³-hybridized carbons (Fsp3) is 0.875. The number of rotatable bonds is 0. The van der Waals surface area contributed by atoms with E-state index < -0.39 is 0 Å². The van der Waals surface area contributed by atoms with Crippen molar-refractivity contribution in [3.8, 4) is 0 Å². The van der Waals surface area contributed by atoms with Crippen LogP contribution in [0.5, 0.6) is 0 Å². The van der Waals surface area contributed by atoms with E-state index in [0.717, 1.165) is 19.3 Å². The number of fused-ring (bicyclic) bond motifs is 3. The Bertz CT molecular complexity index is 373. The highest BCUT2D eigenvalue weighted by Crippen LogP contribution is 2.52. The van der Waals surface area contributed by atoms with Crippen LogP contribution in [0.1, 0.15) is 52.4 Å². The first-order valence-corrected chi connectivity index (χ1v) is 7.63. The molecule has 100 valence electrons. The average molecular weight is 248 g/mol. The summed E-state index contributed by atoms with van der Waals surface area (Å²) < 4.78 is 0. The van der Waals surface area contributed by atoms with Gasteiger partial charge in [-0.3, -0.25) is 9.59 Å². The van der Waals surface area contributed by atoms with Gasteiger partial charge >= 0.3 is 0 Å². The Hall–Kier alpha value is -0.660. The van der Waals surface area contributed by atoms with Crippen molar-refractivity contribution in [2.45, 2.75) is 52.4 Å². The zero-order chi connectivity index (χ0) is 12.9. The lowest BCUT2D eigenvalue weighted by Crippen LogP contribution is -2.50. The molecule has 0 aromatic rings. The topological polar surface area (TPSA) is 34.1 Å². The van der Waals surface area contributed by atoms with Gasteiger partial charge in [-0.05, 0) is 49.4 Å². The molecule has 6 atom stereocenters. The summed E-state index contributed by atoms with van der Waals surface area (Å²) in [7, 11) is 0. The normalized spacial score (nSPS) is 48.6. The van der Waals surface area contributed by atoms with E-state index in [4.69, 9.17) is 0 Å². The Balaban J connectivity index is 1.92. The third-order valence-corrected chi connectivity index (χ3v) is 5.72. The summed E-state index contributed by atoms with van der Waals surface area (Å²) >= 11 is 0. The molecular formula is C16H24O2. The second-order valence-corrected chi connectivity index (χ2v) is 7.06. The zero-order valence-corrected chi connectivity index (χ0v) is 11.5. The van der Waals surface area contributed by atoms with Crippen LogP contribution in [-0.4, -0.2) is 11.6 Å². The summed E-state index contributed by atoms with van der Waals surface area (Å²) in [6.45, 7) is 4.49. The molecule has 2 nitrogen and oxygen atoms in total. The van der Waals surface area contributed by atoms with Crippen molar-refractivity contribution < 1.29 is 9.59 Å². The van der Waals surface area contributed by atoms with Crippen molar-refractivity contribution in [2.24, 2.45) is 35.5 Å². The molecule has 3 rings (SSSR count). The molecular weight excluding hydrogens is 224 g/mol. The Morgan fingerprint density at radius 1 is 1.00 bits per heavy atom. The Kier molecular flexibility index (Phi) is 3.07. The second kappa shape index (κ2) is 4.47. The summed E-state index contributed by atoms with van der Waals surface area (Å²) in [6, 6.07) is 0. The minimum Gasteiger partial charge on any atom is -0.299 e. The third kappa shape index (κ3) is 1.85.